The maximum atomic E-state index is 13.1. The van der Waals surface area contributed by atoms with Gasteiger partial charge in [0, 0.05) is 25.2 Å². The van der Waals surface area contributed by atoms with E-state index in [0.717, 1.165) is 11.4 Å². The van der Waals surface area contributed by atoms with Crippen molar-refractivity contribution in [1.82, 2.24) is 19.7 Å². The Hall–Kier alpha value is -4.75. The van der Waals surface area contributed by atoms with Crippen molar-refractivity contribution in [2.24, 2.45) is 0 Å². The number of sulfonamides is 1. The molecule has 4 aromatic rings. The van der Waals surface area contributed by atoms with Crippen LogP contribution in [0.4, 0.5) is 5.82 Å². The van der Waals surface area contributed by atoms with Crippen LogP contribution in [0, 0.1) is 0 Å². The van der Waals surface area contributed by atoms with Gasteiger partial charge in [-0.05, 0) is 42.0 Å². The number of ether oxygens (including phenoxy) is 2. The highest BCUT2D eigenvalue weighted by Crippen LogP contribution is 2.28. The smallest absolute Gasteiger partial charge is 0.322 e. The van der Waals surface area contributed by atoms with Gasteiger partial charge in [-0.25, -0.2) is 18.4 Å². The Labute approximate surface area is 229 Å². The van der Waals surface area contributed by atoms with Gasteiger partial charge in [-0.1, -0.05) is 24.3 Å². The van der Waals surface area contributed by atoms with E-state index >= 15 is 0 Å². The van der Waals surface area contributed by atoms with Crippen LogP contribution in [0.2, 0.25) is 0 Å². The first kappa shape index (κ1) is 28.3. The topological polar surface area (TPSA) is 173 Å². The molecule has 1 atom stereocenters. The second kappa shape index (κ2) is 12.4. The van der Waals surface area contributed by atoms with E-state index in [-0.39, 0.29) is 22.2 Å². The first-order valence-electron chi connectivity index (χ1n) is 12.0. The number of carboxylic acid groups (broad SMARTS) is 1. The maximum Gasteiger partial charge on any atom is 0.322 e. The number of aromatic nitrogens is 3. The van der Waals surface area contributed by atoms with Crippen molar-refractivity contribution >= 4 is 38.8 Å². The highest BCUT2D eigenvalue weighted by molar-refractivity contribution is 7.89. The van der Waals surface area contributed by atoms with Crippen LogP contribution in [-0.4, -0.2) is 61.3 Å². The van der Waals surface area contributed by atoms with Crippen LogP contribution >= 0.6 is 0 Å². The number of nitrogens with one attached hydrogen (secondary N) is 3. The minimum Gasteiger partial charge on any atom is -0.497 e. The molecule has 12 nitrogen and oxygen atoms in total. The van der Waals surface area contributed by atoms with Gasteiger partial charge in [0.25, 0.3) is 5.56 Å². The molecule has 0 aliphatic rings. The van der Waals surface area contributed by atoms with E-state index in [9.17, 15) is 23.1 Å². The summed E-state index contributed by atoms with van der Waals surface area (Å²) in [7, 11) is -1.70. The van der Waals surface area contributed by atoms with Gasteiger partial charge in [0.1, 0.15) is 34.1 Å². The van der Waals surface area contributed by atoms with Gasteiger partial charge in [0.05, 0.1) is 25.1 Å². The molecule has 2 aromatic heterocycles. The summed E-state index contributed by atoms with van der Waals surface area (Å²) in [5.74, 6) is -0.455. The minimum atomic E-state index is -4.36. The van der Waals surface area contributed by atoms with E-state index in [4.69, 9.17) is 9.47 Å². The van der Waals surface area contributed by atoms with Crippen LogP contribution in [0.1, 0.15) is 11.4 Å². The highest BCUT2D eigenvalue weighted by Gasteiger charge is 2.29. The summed E-state index contributed by atoms with van der Waals surface area (Å²) in [5, 5.41) is 13.2. The molecular formula is C27H27N5O7S. The number of hydrogen-bond donors (Lipinski definition) is 4. The number of fused-ring (bicyclic) bond motifs is 1. The van der Waals surface area contributed by atoms with Crippen molar-refractivity contribution in [2.75, 3.05) is 26.1 Å². The summed E-state index contributed by atoms with van der Waals surface area (Å²) in [6, 6.07) is 13.1. The van der Waals surface area contributed by atoms with E-state index in [2.05, 4.69) is 25.0 Å². The molecule has 0 saturated carbocycles. The molecule has 0 radical (unpaired) electrons. The second-order valence-electron chi connectivity index (χ2n) is 8.52. The number of carbonyl (C=O) groups is 1. The Morgan fingerprint density at radius 2 is 1.95 bits per heavy atom. The number of rotatable bonds is 12. The molecule has 0 bridgehead atoms. The molecule has 2 heterocycles. The Kier molecular flexibility index (Phi) is 8.76. The van der Waals surface area contributed by atoms with E-state index < -0.39 is 34.0 Å². The molecule has 208 valence electrons. The maximum absolute atomic E-state index is 13.1. The Balaban J connectivity index is 1.52. The van der Waals surface area contributed by atoms with Gasteiger partial charge >= 0.3 is 5.97 Å². The lowest BCUT2D eigenvalue weighted by atomic mass is 10.1. The zero-order valence-corrected chi connectivity index (χ0v) is 22.4. The Bertz CT molecular complexity index is 1710. The fraction of sp³-hybridized carbons (Fsp3) is 0.185. The molecule has 0 amide bonds. The average molecular weight is 566 g/mol. The first-order chi connectivity index (χ1) is 19.2. The van der Waals surface area contributed by atoms with Gasteiger partial charge in [-0.3, -0.25) is 9.59 Å². The zero-order valence-electron chi connectivity index (χ0n) is 21.6. The summed E-state index contributed by atoms with van der Waals surface area (Å²) in [4.78, 5) is 35.6. The summed E-state index contributed by atoms with van der Waals surface area (Å²) < 4.78 is 38.5. The number of H-pyrrole nitrogens is 1. The Morgan fingerprint density at radius 3 is 2.65 bits per heavy atom. The average Bonchev–Trinajstić information content (AvgIpc) is 2.95. The minimum absolute atomic E-state index is 0.00652. The standard InChI is InChI=1S/C27H27N5O7S/c1-38-18-9-11-22(39-2)23(15-18)40(36,37)32-21(27(34)35)16-25-30-20-10-8-17(14-19(20)26(33)31-25)6-5-13-29-24-7-3-4-12-28-24/h3-12,14-15,21,32H,13,16H2,1-2H3,(H,28,29)(H,34,35)(H,30,31,33)/b6-5+/t21-/m0/s1. The third-order valence-corrected chi connectivity index (χ3v) is 7.30. The number of aromatic amines is 1. The molecule has 4 N–H and O–H groups in total. The van der Waals surface area contributed by atoms with Crippen molar-refractivity contribution < 1.29 is 27.8 Å². The number of methoxy groups -OCH3 is 2. The van der Waals surface area contributed by atoms with Crippen molar-refractivity contribution in [3.05, 3.63) is 88.6 Å². The largest absolute Gasteiger partial charge is 0.497 e. The number of hydrogen-bond acceptors (Lipinski definition) is 9. The highest BCUT2D eigenvalue weighted by atomic mass is 32.2. The fourth-order valence-electron chi connectivity index (χ4n) is 3.85. The third kappa shape index (κ3) is 6.81. The van der Waals surface area contributed by atoms with Crippen LogP contribution in [0.5, 0.6) is 11.5 Å². The van der Waals surface area contributed by atoms with Crippen molar-refractivity contribution in [2.45, 2.75) is 17.4 Å². The van der Waals surface area contributed by atoms with Crippen LogP contribution in [0.3, 0.4) is 0 Å². The lowest BCUT2D eigenvalue weighted by molar-refractivity contribution is -0.139. The third-order valence-electron chi connectivity index (χ3n) is 5.81. The molecule has 40 heavy (non-hydrogen) atoms. The molecule has 13 heteroatoms. The molecule has 0 saturated heterocycles. The molecule has 0 aliphatic carbocycles. The van der Waals surface area contributed by atoms with Crippen molar-refractivity contribution in [3.8, 4) is 11.5 Å². The van der Waals surface area contributed by atoms with Gasteiger partial charge in [0.2, 0.25) is 10.0 Å². The number of anilines is 1. The normalized spacial score (nSPS) is 12.3. The van der Waals surface area contributed by atoms with Gasteiger partial charge in [0.15, 0.2) is 0 Å². The van der Waals surface area contributed by atoms with E-state index in [1.165, 1.54) is 32.4 Å². The van der Waals surface area contributed by atoms with Gasteiger partial charge < -0.3 is 24.9 Å². The number of pyridine rings is 1. The summed E-state index contributed by atoms with van der Waals surface area (Å²) in [5.41, 5.74) is 0.617. The SMILES string of the molecule is COc1ccc(OC)c(S(=O)(=O)N[C@@H](Cc2nc3ccc(/C=C/CNc4ccccn4)cc3c(=O)[nH]2)C(=O)O)c1. The van der Waals surface area contributed by atoms with E-state index in [1.54, 1.807) is 24.4 Å². The van der Waals surface area contributed by atoms with Crippen molar-refractivity contribution in [1.29, 1.82) is 0 Å². The quantitative estimate of drug-likeness (QED) is 0.200. The molecule has 0 spiro atoms. The van der Waals surface area contributed by atoms with Gasteiger partial charge in [-0.2, -0.15) is 4.72 Å². The number of benzene rings is 2. The van der Waals surface area contributed by atoms with Crippen LogP contribution in [0.25, 0.3) is 17.0 Å². The molecule has 0 unspecified atom stereocenters. The summed E-state index contributed by atoms with van der Waals surface area (Å²) >= 11 is 0. The van der Waals surface area contributed by atoms with Crippen LogP contribution in [0.15, 0.2) is 76.6 Å². The lowest BCUT2D eigenvalue weighted by Gasteiger charge is -2.17. The summed E-state index contributed by atoms with van der Waals surface area (Å²) in [6.45, 7) is 0.525. The molecular weight excluding hydrogens is 538 g/mol. The first-order valence-corrected chi connectivity index (χ1v) is 13.5. The molecule has 0 fully saturated rings. The number of carboxylic acids is 1. The predicted molar refractivity (Wildman–Crippen MR) is 149 cm³/mol. The molecule has 2 aromatic carbocycles. The fourth-order valence-corrected chi connectivity index (χ4v) is 5.22. The summed E-state index contributed by atoms with van der Waals surface area (Å²) in [6.07, 6.45) is 5.00. The van der Waals surface area contributed by atoms with E-state index in [1.807, 2.05) is 30.4 Å². The zero-order chi connectivity index (χ0) is 28.7. The van der Waals surface area contributed by atoms with Gasteiger partial charge in [-0.15, -0.1) is 0 Å². The van der Waals surface area contributed by atoms with Crippen LogP contribution < -0.4 is 25.1 Å². The number of aliphatic carboxylic acids is 1. The molecule has 4 rings (SSSR count). The monoisotopic (exact) mass is 565 g/mol. The second-order valence-corrected chi connectivity index (χ2v) is 10.2. The number of nitrogens with zero attached hydrogens (tertiary/aromatic N) is 2. The molecule has 0 aliphatic heterocycles. The van der Waals surface area contributed by atoms with Crippen molar-refractivity contribution in [3.63, 3.8) is 0 Å². The Morgan fingerprint density at radius 1 is 1.12 bits per heavy atom. The predicted octanol–water partition coefficient (Wildman–Crippen LogP) is 2.43. The lowest BCUT2D eigenvalue weighted by Crippen LogP contribution is -2.43. The van der Waals surface area contributed by atoms with Crippen LogP contribution in [-0.2, 0) is 21.2 Å². The van der Waals surface area contributed by atoms with E-state index in [0.29, 0.717) is 17.4 Å².